The molecule has 5 rings (SSSR count). The first-order valence-corrected chi connectivity index (χ1v) is 18.7. The zero-order valence-electron chi connectivity index (χ0n) is 29.4. The number of nitrogens with one attached hydrogen (secondary N) is 4. The third-order valence-electron chi connectivity index (χ3n) is 8.93. The van der Waals surface area contributed by atoms with E-state index in [9.17, 15) is 27.9 Å². The number of para-hydroxylation sites is 1. The molecule has 0 saturated carbocycles. The number of amides is 1. The number of carbonyl (C=O) groups excluding carboxylic acids is 1. The van der Waals surface area contributed by atoms with Crippen LogP contribution in [0.15, 0.2) is 72.2 Å². The second kappa shape index (κ2) is 20.3. The second-order valence-corrected chi connectivity index (χ2v) is 15.0. The number of hydrogen-bond donors (Lipinski definition) is 7. The van der Waals surface area contributed by atoms with Crippen molar-refractivity contribution in [2.45, 2.75) is 69.5 Å². The molecule has 0 radical (unpaired) electrons. The molecule has 2 aliphatic rings. The summed E-state index contributed by atoms with van der Waals surface area (Å²) in [5.41, 5.74) is 8.78. The van der Waals surface area contributed by atoms with Gasteiger partial charge in [-0.2, -0.15) is 4.72 Å². The number of sulfonamides is 1. The number of piperidine rings is 1. The van der Waals surface area contributed by atoms with E-state index in [4.69, 9.17) is 16.2 Å². The van der Waals surface area contributed by atoms with Crippen molar-refractivity contribution in [3.63, 3.8) is 0 Å². The number of guanidine groups is 1. The zero-order chi connectivity index (χ0) is 37.8. The number of anilines is 1. The monoisotopic (exact) mass is 760 g/mol. The number of aromatic nitrogens is 2. The van der Waals surface area contributed by atoms with Crippen LogP contribution in [0.2, 0.25) is 0 Å². The summed E-state index contributed by atoms with van der Waals surface area (Å²) in [6, 6.07) is 10.7. The molecule has 2 aliphatic heterocycles. The van der Waals surface area contributed by atoms with Crippen molar-refractivity contribution < 1.29 is 33.0 Å². The van der Waals surface area contributed by atoms with E-state index >= 15 is 0 Å². The normalized spacial score (nSPS) is 18.7. The molecule has 282 valence electrons. The Kier molecular flexibility index (Phi) is 16.5. The van der Waals surface area contributed by atoms with Gasteiger partial charge in [-0.25, -0.2) is 23.0 Å². The number of nitrogens with two attached hydrogens (primary N) is 1. The van der Waals surface area contributed by atoms with Crippen molar-refractivity contribution in [2.75, 3.05) is 25.0 Å². The summed E-state index contributed by atoms with van der Waals surface area (Å²) in [6.07, 6.45) is 10.3. The Morgan fingerprint density at radius 1 is 1.13 bits per heavy atom. The van der Waals surface area contributed by atoms with Crippen LogP contribution in [-0.4, -0.2) is 118 Å². The number of carbonyl (C=O) groups is 3. The minimum absolute atomic E-state index is 0. The molecule has 1 amide bonds. The predicted molar refractivity (Wildman–Crippen MR) is 204 cm³/mol. The van der Waals surface area contributed by atoms with E-state index in [0.717, 1.165) is 35.7 Å². The van der Waals surface area contributed by atoms with E-state index in [-0.39, 0.29) is 65.8 Å². The average molecular weight is 761 g/mol. The fourth-order valence-electron chi connectivity index (χ4n) is 6.24. The van der Waals surface area contributed by atoms with Gasteiger partial charge < -0.3 is 36.0 Å². The van der Waals surface area contributed by atoms with Crippen LogP contribution in [0, 0.1) is 17.2 Å². The molecule has 8 N–H and O–H groups in total. The van der Waals surface area contributed by atoms with E-state index in [1.54, 1.807) is 24.7 Å². The number of imidazole rings is 1. The van der Waals surface area contributed by atoms with Gasteiger partial charge in [-0.05, 0) is 72.8 Å². The molecule has 2 unspecified atom stereocenters. The standard InChI is InChI=1S/C23H36N6O5S.C13H12N2O2.Na.H/c1-14-8-10-29(18(12-14)22(31)32)21(30)17(6-4-9-26-23(24)25)28-35(33,34)19-7-3-5-16-11-15(2)13-27-20(16)19;16-13(17)6-5-11-1-3-12(4-2-11)9-15-8-7-14-10-15;;/h3,5,7,14-15,17-18,27-28H,4,6,8-13H2,1-2H3,(H,31,32)(H4,24,25,26);1-8,10H,9H2,(H,16,17);;/b;6-5+;;/t14-,15?,17?,18-;;;/m1.../s1. The molecular weight excluding hydrogens is 712 g/mol. The Morgan fingerprint density at radius 3 is 2.51 bits per heavy atom. The quantitative estimate of drug-likeness (QED) is 0.0439. The van der Waals surface area contributed by atoms with E-state index in [0.29, 0.717) is 37.4 Å². The number of fused-ring (bicyclic) bond motifs is 1. The number of benzene rings is 2. The van der Waals surface area contributed by atoms with Gasteiger partial charge in [0, 0.05) is 44.6 Å². The summed E-state index contributed by atoms with van der Waals surface area (Å²) in [5, 5.41) is 31.3. The Balaban J connectivity index is 0.000000351. The van der Waals surface area contributed by atoms with Crippen LogP contribution in [0.1, 0.15) is 56.2 Å². The Hall–Kier alpha value is -4.22. The molecule has 0 spiro atoms. The van der Waals surface area contributed by atoms with Crippen LogP contribution in [0.3, 0.4) is 0 Å². The summed E-state index contributed by atoms with van der Waals surface area (Å²) < 4.78 is 31.5. The number of carboxylic acids is 2. The second-order valence-electron chi connectivity index (χ2n) is 13.3. The molecule has 3 heterocycles. The van der Waals surface area contributed by atoms with Crippen LogP contribution in [0.25, 0.3) is 6.08 Å². The molecule has 15 nitrogen and oxygen atoms in total. The van der Waals surface area contributed by atoms with Crippen LogP contribution in [0.5, 0.6) is 0 Å². The van der Waals surface area contributed by atoms with Gasteiger partial charge in [0.05, 0.1) is 12.0 Å². The number of likely N-dealkylation sites (tertiary alicyclic amines) is 1. The summed E-state index contributed by atoms with van der Waals surface area (Å²) in [7, 11) is -4.10. The number of aliphatic carboxylic acids is 2. The van der Waals surface area contributed by atoms with Crippen molar-refractivity contribution in [1.82, 2.24) is 24.5 Å². The van der Waals surface area contributed by atoms with E-state index in [1.807, 2.05) is 48.0 Å². The van der Waals surface area contributed by atoms with Crippen LogP contribution >= 0.6 is 0 Å². The summed E-state index contributed by atoms with van der Waals surface area (Å²) >= 11 is 0. The first-order chi connectivity index (χ1) is 24.7. The topological polar surface area (TPSA) is 233 Å². The van der Waals surface area contributed by atoms with Crippen LogP contribution in [0.4, 0.5) is 5.69 Å². The maximum atomic E-state index is 13.5. The van der Waals surface area contributed by atoms with Crippen molar-refractivity contribution in [3.8, 4) is 0 Å². The molecule has 1 saturated heterocycles. The summed E-state index contributed by atoms with van der Waals surface area (Å²) in [6.45, 7) is 5.96. The van der Waals surface area contributed by atoms with Crippen molar-refractivity contribution >= 4 is 75.1 Å². The fourth-order valence-corrected chi connectivity index (χ4v) is 7.69. The first kappa shape index (κ1) is 43.2. The van der Waals surface area contributed by atoms with E-state index in [1.165, 1.54) is 11.0 Å². The van der Waals surface area contributed by atoms with Crippen molar-refractivity contribution in [1.29, 1.82) is 5.41 Å². The molecule has 0 bridgehead atoms. The van der Waals surface area contributed by atoms with E-state index in [2.05, 4.69) is 27.3 Å². The Labute approximate surface area is 332 Å². The number of hydrogen-bond acceptors (Lipinski definition) is 8. The van der Waals surface area contributed by atoms with Crippen LogP contribution < -0.4 is 21.1 Å². The number of nitrogens with zero attached hydrogens (tertiary/aromatic N) is 3. The molecule has 1 aromatic heterocycles. The van der Waals surface area contributed by atoms with Crippen molar-refractivity contribution in [3.05, 3.63) is 84.0 Å². The molecule has 17 heteroatoms. The number of carboxylic acid groups (broad SMARTS) is 2. The number of rotatable bonds is 13. The summed E-state index contributed by atoms with van der Waals surface area (Å²) in [4.78, 5) is 41.1. The van der Waals surface area contributed by atoms with Crippen molar-refractivity contribution in [2.24, 2.45) is 17.6 Å². The molecule has 0 aliphatic carbocycles. The SMILES string of the molecule is CC1CNc2c(cccc2S(=O)(=O)NC(CCCNC(=N)N)C(=O)N2CC[C@@H](C)C[C@@H]2C(=O)O)C1.O=C(O)/C=C/c1ccc(Cn2ccnc2)cc1.[NaH]. The van der Waals surface area contributed by atoms with Gasteiger partial charge in [-0.3, -0.25) is 10.2 Å². The third kappa shape index (κ3) is 13.0. The maximum absolute atomic E-state index is 13.5. The summed E-state index contributed by atoms with van der Waals surface area (Å²) in [5.74, 6) is -2.29. The molecule has 2 aromatic carbocycles. The van der Waals surface area contributed by atoms with Gasteiger partial charge in [0.15, 0.2) is 5.96 Å². The van der Waals surface area contributed by atoms with Gasteiger partial charge in [-0.15, -0.1) is 0 Å². The van der Waals surface area contributed by atoms with Gasteiger partial charge in [0.25, 0.3) is 0 Å². The molecule has 4 atom stereocenters. The molecular formula is C36H49N8NaO7S. The Morgan fingerprint density at radius 2 is 1.87 bits per heavy atom. The van der Waals surface area contributed by atoms with E-state index < -0.39 is 40.0 Å². The minimum atomic E-state index is -4.10. The van der Waals surface area contributed by atoms with Gasteiger partial charge in [0.2, 0.25) is 15.9 Å². The predicted octanol–water partition coefficient (Wildman–Crippen LogP) is 2.29. The third-order valence-corrected chi connectivity index (χ3v) is 10.4. The molecule has 1 fully saturated rings. The average Bonchev–Trinajstić information content (AvgIpc) is 3.61. The first-order valence-electron chi connectivity index (χ1n) is 17.2. The fraction of sp³-hybridized carbons (Fsp3) is 0.417. The van der Waals surface area contributed by atoms with Gasteiger partial charge >= 0.3 is 41.5 Å². The molecule has 3 aromatic rings. The molecule has 53 heavy (non-hydrogen) atoms. The zero-order valence-corrected chi connectivity index (χ0v) is 30.2. The van der Waals surface area contributed by atoms with Crippen LogP contribution in [-0.2, 0) is 37.4 Å². The Bertz CT molecular complexity index is 1840. The van der Waals surface area contributed by atoms with Gasteiger partial charge in [0.1, 0.15) is 17.0 Å². The van der Waals surface area contributed by atoms with Gasteiger partial charge in [-0.1, -0.05) is 50.2 Å².